The summed E-state index contributed by atoms with van der Waals surface area (Å²) in [5.41, 5.74) is -1.04. The normalized spacial score (nSPS) is 10.5. The lowest BCUT2D eigenvalue weighted by atomic mass is 10.2. The van der Waals surface area contributed by atoms with Gasteiger partial charge in [-0.1, -0.05) is 22.0 Å². The van der Waals surface area contributed by atoms with Crippen molar-refractivity contribution >= 4 is 27.3 Å². The topological polar surface area (TPSA) is 55.2 Å². The number of rotatable bonds is 4. The van der Waals surface area contributed by atoms with Gasteiger partial charge < -0.3 is 5.32 Å². The number of hydrogen-bond donors (Lipinski definition) is 1. The molecule has 0 radical (unpaired) electrons. The van der Waals surface area contributed by atoms with Crippen LogP contribution < -0.4 is 5.32 Å². The maximum Gasteiger partial charge on any atom is 0.298 e. The highest BCUT2D eigenvalue weighted by Crippen LogP contribution is 2.29. The molecule has 0 amide bonds. The van der Waals surface area contributed by atoms with Crippen molar-refractivity contribution in [2.75, 3.05) is 5.32 Å². The lowest BCUT2D eigenvalue weighted by molar-refractivity contribution is -0.384. The van der Waals surface area contributed by atoms with Gasteiger partial charge in [0.2, 0.25) is 0 Å². The van der Waals surface area contributed by atoms with Crippen LogP contribution in [0.3, 0.4) is 0 Å². The molecule has 0 saturated carbocycles. The summed E-state index contributed by atoms with van der Waals surface area (Å²) in [6.07, 6.45) is 0. The van der Waals surface area contributed by atoms with Gasteiger partial charge in [0.1, 0.15) is 17.3 Å². The number of nitro groups is 1. The maximum atomic E-state index is 13.6. The standard InChI is InChI=1S/C13H8BrF3N2O2/c14-8-2-1-7(10(16)3-8)6-18-13-11(17)4-9(15)5-12(13)19(20)21/h1-5,18H,6H2. The van der Waals surface area contributed by atoms with Gasteiger partial charge >= 0.3 is 0 Å². The average molecular weight is 361 g/mol. The van der Waals surface area contributed by atoms with Crippen LogP contribution in [0.4, 0.5) is 24.5 Å². The molecule has 4 nitrogen and oxygen atoms in total. The third-order valence-corrected chi connectivity index (χ3v) is 3.19. The monoisotopic (exact) mass is 360 g/mol. The van der Waals surface area contributed by atoms with E-state index < -0.39 is 33.7 Å². The molecule has 0 spiro atoms. The lowest BCUT2D eigenvalue weighted by Gasteiger charge is -2.09. The average Bonchev–Trinajstić information content (AvgIpc) is 2.38. The van der Waals surface area contributed by atoms with Crippen LogP contribution in [0.1, 0.15) is 5.56 Å². The van der Waals surface area contributed by atoms with Crippen molar-refractivity contribution in [1.82, 2.24) is 0 Å². The summed E-state index contributed by atoms with van der Waals surface area (Å²) < 4.78 is 40.8. The Hall–Kier alpha value is -2.09. The number of nitrogens with zero attached hydrogens (tertiary/aromatic N) is 1. The largest absolute Gasteiger partial charge is 0.373 e. The van der Waals surface area contributed by atoms with Crippen molar-refractivity contribution < 1.29 is 18.1 Å². The Bertz CT molecular complexity index is 710. The van der Waals surface area contributed by atoms with Crippen LogP contribution in [-0.2, 0) is 6.54 Å². The smallest absolute Gasteiger partial charge is 0.298 e. The molecule has 0 aliphatic heterocycles. The van der Waals surface area contributed by atoms with Gasteiger partial charge in [0, 0.05) is 22.6 Å². The lowest BCUT2D eigenvalue weighted by Crippen LogP contribution is -2.07. The molecule has 110 valence electrons. The van der Waals surface area contributed by atoms with Crippen molar-refractivity contribution in [2.45, 2.75) is 6.54 Å². The van der Waals surface area contributed by atoms with Crippen LogP contribution >= 0.6 is 15.9 Å². The molecular formula is C13H8BrF3N2O2. The number of nitrogens with one attached hydrogen (secondary N) is 1. The predicted octanol–water partition coefficient (Wildman–Crippen LogP) is 4.39. The predicted molar refractivity (Wildman–Crippen MR) is 74.4 cm³/mol. The van der Waals surface area contributed by atoms with E-state index in [2.05, 4.69) is 21.2 Å². The molecule has 2 aromatic carbocycles. The number of anilines is 1. The molecule has 0 fully saturated rings. The van der Waals surface area contributed by atoms with Gasteiger partial charge in [0.15, 0.2) is 5.82 Å². The first-order chi connectivity index (χ1) is 9.88. The summed E-state index contributed by atoms with van der Waals surface area (Å²) in [5, 5.41) is 13.2. The quantitative estimate of drug-likeness (QED) is 0.649. The van der Waals surface area contributed by atoms with E-state index in [0.29, 0.717) is 16.6 Å². The summed E-state index contributed by atoms with van der Waals surface area (Å²) in [5.74, 6) is -2.72. The summed E-state index contributed by atoms with van der Waals surface area (Å²) in [4.78, 5) is 9.89. The van der Waals surface area contributed by atoms with Crippen molar-refractivity contribution in [3.8, 4) is 0 Å². The zero-order valence-corrected chi connectivity index (χ0v) is 12.0. The minimum atomic E-state index is -1.11. The minimum Gasteiger partial charge on any atom is -0.373 e. The molecule has 21 heavy (non-hydrogen) atoms. The van der Waals surface area contributed by atoms with Crippen molar-refractivity contribution in [1.29, 1.82) is 0 Å². The first kappa shape index (κ1) is 15.3. The molecule has 0 aliphatic carbocycles. The Kier molecular flexibility index (Phi) is 4.46. The van der Waals surface area contributed by atoms with Crippen LogP contribution in [0.25, 0.3) is 0 Å². The number of nitro benzene ring substituents is 1. The van der Waals surface area contributed by atoms with E-state index in [1.54, 1.807) is 6.07 Å². The van der Waals surface area contributed by atoms with Gasteiger partial charge in [0.05, 0.1) is 11.0 Å². The Morgan fingerprint density at radius 1 is 1.14 bits per heavy atom. The molecule has 1 N–H and O–H groups in total. The summed E-state index contributed by atoms with van der Waals surface area (Å²) >= 11 is 3.09. The molecule has 0 heterocycles. The van der Waals surface area contributed by atoms with Crippen LogP contribution in [0.15, 0.2) is 34.8 Å². The van der Waals surface area contributed by atoms with E-state index >= 15 is 0 Å². The van der Waals surface area contributed by atoms with Crippen LogP contribution in [0, 0.1) is 27.6 Å². The van der Waals surface area contributed by atoms with E-state index in [-0.39, 0.29) is 12.1 Å². The fourth-order valence-electron chi connectivity index (χ4n) is 1.73. The molecule has 0 unspecified atom stereocenters. The second-order valence-electron chi connectivity index (χ2n) is 4.13. The van der Waals surface area contributed by atoms with Gasteiger partial charge in [-0.2, -0.15) is 0 Å². The number of halogens is 4. The molecule has 0 aromatic heterocycles. The highest BCUT2D eigenvalue weighted by molar-refractivity contribution is 9.10. The van der Waals surface area contributed by atoms with Gasteiger partial charge in [-0.15, -0.1) is 0 Å². The summed E-state index contributed by atoms with van der Waals surface area (Å²) in [7, 11) is 0. The fraction of sp³-hybridized carbons (Fsp3) is 0.0769. The van der Waals surface area contributed by atoms with Crippen molar-refractivity contribution in [2.24, 2.45) is 0 Å². The molecule has 8 heteroatoms. The third kappa shape index (κ3) is 3.52. The molecule has 2 aromatic rings. The number of benzene rings is 2. The minimum absolute atomic E-state index is 0.178. The van der Waals surface area contributed by atoms with E-state index in [1.807, 2.05) is 0 Å². The van der Waals surface area contributed by atoms with Gasteiger partial charge in [-0.25, -0.2) is 13.2 Å². The molecule has 0 aliphatic rings. The highest BCUT2D eigenvalue weighted by Gasteiger charge is 2.20. The third-order valence-electron chi connectivity index (χ3n) is 2.70. The zero-order chi connectivity index (χ0) is 15.6. The Labute approximate surface area is 125 Å². The van der Waals surface area contributed by atoms with Crippen molar-refractivity contribution in [3.63, 3.8) is 0 Å². The second-order valence-corrected chi connectivity index (χ2v) is 5.04. The maximum absolute atomic E-state index is 13.6. The van der Waals surface area contributed by atoms with E-state index in [4.69, 9.17) is 0 Å². The Balaban J connectivity index is 2.29. The molecule has 0 atom stereocenters. The molecule has 0 bridgehead atoms. The van der Waals surface area contributed by atoms with E-state index in [1.165, 1.54) is 12.1 Å². The Morgan fingerprint density at radius 3 is 2.48 bits per heavy atom. The SMILES string of the molecule is O=[N+]([O-])c1cc(F)cc(F)c1NCc1ccc(Br)cc1F. The van der Waals surface area contributed by atoms with Crippen molar-refractivity contribution in [3.05, 3.63) is 67.9 Å². The first-order valence-electron chi connectivity index (χ1n) is 5.69. The molecular weight excluding hydrogens is 353 g/mol. The summed E-state index contributed by atoms with van der Waals surface area (Å²) in [6, 6.07) is 5.36. The second kappa shape index (κ2) is 6.13. The van der Waals surface area contributed by atoms with E-state index in [9.17, 15) is 23.3 Å². The van der Waals surface area contributed by atoms with E-state index in [0.717, 1.165) is 0 Å². The summed E-state index contributed by atoms with van der Waals surface area (Å²) in [6.45, 7) is -0.178. The van der Waals surface area contributed by atoms with Gasteiger partial charge in [-0.05, 0) is 12.1 Å². The fourth-order valence-corrected chi connectivity index (χ4v) is 2.06. The highest BCUT2D eigenvalue weighted by atomic mass is 79.9. The van der Waals surface area contributed by atoms with Gasteiger partial charge in [-0.3, -0.25) is 10.1 Å². The zero-order valence-electron chi connectivity index (χ0n) is 10.4. The molecule has 0 saturated heterocycles. The first-order valence-corrected chi connectivity index (χ1v) is 6.49. The number of hydrogen-bond acceptors (Lipinski definition) is 3. The molecule has 2 rings (SSSR count). The van der Waals surface area contributed by atoms with Crippen LogP contribution in [-0.4, -0.2) is 4.92 Å². The van der Waals surface area contributed by atoms with Crippen LogP contribution in [0.5, 0.6) is 0 Å². The van der Waals surface area contributed by atoms with Gasteiger partial charge in [0.25, 0.3) is 5.69 Å². The van der Waals surface area contributed by atoms with Crippen LogP contribution in [0.2, 0.25) is 0 Å². The Morgan fingerprint density at radius 2 is 1.86 bits per heavy atom.